The Labute approximate surface area is 176 Å². The van der Waals surface area contributed by atoms with E-state index in [0.29, 0.717) is 5.82 Å². The van der Waals surface area contributed by atoms with Gasteiger partial charge in [0.1, 0.15) is 17.7 Å². The Kier molecular flexibility index (Phi) is 8.29. The van der Waals surface area contributed by atoms with E-state index in [-0.39, 0.29) is 36.6 Å². The Morgan fingerprint density at radius 1 is 1.07 bits per heavy atom. The van der Waals surface area contributed by atoms with Gasteiger partial charge in [0.2, 0.25) is 11.8 Å². The Morgan fingerprint density at radius 2 is 1.70 bits per heavy atom. The molecule has 0 spiro atoms. The smallest absolute Gasteiger partial charge is 0.243 e. The summed E-state index contributed by atoms with van der Waals surface area (Å²) in [6.07, 6.45) is 1.83. The molecule has 30 heavy (non-hydrogen) atoms. The van der Waals surface area contributed by atoms with Gasteiger partial charge < -0.3 is 16.4 Å². The van der Waals surface area contributed by atoms with Crippen LogP contribution in [0.1, 0.15) is 31.9 Å². The van der Waals surface area contributed by atoms with Gasteiger partial charge in [-0.05, 0) is 57.1 Å². The first-order valence-corrected chi connectivity index (χ1v) is 9.92. The highest BCUT2D eigenvalue weighted by Crippen LogP contribution is 2.09. The average molecular weight is 416 g/mol. The van der Waals surface area contributed by atoms with Crippen molar-refractivity contribution in [2.24, 2.45) is 0 Å². The monoisotopic (exact) mass is 415 g/mol. The van der Waals surface area contributed by atoms with Crippen LogP contribution in [0.5, 0.6) is 0 Å². The molecule has 1 aromatic carbocycles. The lowest BCUT2D eigenvalue weighted by molar-refractivity contribution is -0.131. The van der Waals surface area contributed by atoms with Crippen LogP contribution in [0.15, 0.2) is 42.6 Å². The van der Waals surface area contributed by atoms with Gasteiger partial charge >= 0.3 is 0 Å². The first-order valence-electron chi connectivity index (χ1n) is 9.92. The second kappa shape index (κ2) is 10.7. The van der Waals surface area contributed by atoms with E-state index in [9.17, 15) is 14.0 Å². The third-order valence-corrected chi connectivity index (χ3v) is 5.11. The van der Waals surface area contributed by atoms with Gasteiger partial charge in [-0.15, -0.1) is 0 Å². The molecule has 0 fully saturated rings. The molecule has 0 aliphatic heterocycles. The lowest BCUT2D eigenvalue weighted by atomic mass is 10.0. The number of pyridine rings is 1. The number of amides is 2. The van der Waals surface area contributed by atoms with Crippen LogP contribution in [0.3, 0.4) is 0 Å². The average Bonchev–Trinajstić information content (AvgIpc) is 2.72. The SMILES string of the molecule is CC(C)N(C)[C@@H](C)C(=O)N[C@@H](Cc1ccc(F)cc1)C(=O)NCc1ccc(N)nc1. The molecule has 4 N–H and O–H groups in total. The number of nitrogens with two attached hydrogens (primary N) is 1. The molecule has 0 radical (unpaired) electrons. The van der Waals surface area contributed by atoms with Crippen LogP contribution < -0.4 is 16.4 Å². The molecular formula is C22H30FN5O2. The molecule has 7 nitrogen and oxygen atoms in total. The van der Waals surface area contributed by atoms with Gasteiger partial charge in [-0.3, -0.25) is 14.5 Å². The Balaban J connectivity index is 2.10. The van der Waals surface area contributed by atoms with E-state index in [1.54, 1.807) is 37.4 Å². The maximum Gasteiger partial charge on any atom is 0.243 e. The molecule has 0 saturated carbocycles. The third-order valence-electron chi connectivity index (χ3n) is 5.11. The van der Waals surface area contributed by atoms with Gasteiger partial charge in [0.05, 0.1) is 6.04 Å². The zero-order valence-corrected chi connectivity index (χ0v) is 17.9. The Bertz CT molecular complexity index is 840. The Morgan fingerprint density at radius 3 is 2.27 bits per heavy atom. The van der Waals surface area contributed by atoms with Crippen molar-refractivity contribution in [2.75, 3.05) is 12.8 Å². The number of likely N-dealkylation sites (N-methyl/N-ethyl adjacent to an activating group) is 1. The number of benzene rings is 1. The number of nitrogens with one attached hydrogen (secondary N) is 2. The zero-order valence-electron chi connectivity index (χ0n) is 17.9. The van der Waals surface area contributed by atoms with Crippen LogP contribution in [0.4, 0.5) is 10.2 Å². The second-order valence-electron chi connectivity index (χ2n) is 7.64. The minimum Gasteiger partial charge on any atom is -0.384 e. The lowest BCUT2D eigenvalue weighted by Gasteiger charge is -2.29. The van der Waals surface area contributed by atoms with E-state index in [0.717, 1.165) is 11.1 Å². The quantitative estimate of drug-likeness (QED) is 0.581. The van der Waals surface area contributed by atoms with E-state index in [2.05, 4.69) is 15.6 Å². The molecule has 8 heteroatoms. The number of halogens is 1. The van der Waals surface area contributed by atoms with Gasteiger partial charge in [0.15, 0.2) is 0 Å². The maximum absolute atomic E-state index is 13.2. The zero-order chi connectivity index (χ0) is 22.3. The van der Waals surface area contributed by atoms with Crippen LogP contribution in [0, 0.1) is 5.82 Å². The van der Waals surface area contributed by atoms with Crippen molar-refractivity contribution < 1.29 is 14.0 Å². The first-order chi connectivity index (χ1) is 14.2. The van der Waals surface area contributed by atoms with Crippen molar-refractivity contribution in [3.05, 3.63) is 59.5 Å². The highest BCUT2D eigenvalue weighted by molar-refractivity contribution is 5.89. The number of hydrogen-bond donors (Lipinski definition) is 3. The molecule has 0 aliphatic carbocycles. The van der Waals surface area contributed by atoms with Gasteiger partial charge in [0, 0.05) is 25.2 Å². The fourth-order valence-electron chi connectivity index (χ4n) is 2.84. The molecule has 0 aliphatic rings. The summed E-state index contributed by atoms with van der Waals surface area (Å²) in [5.74, 6) is -0.534. The van der Waals surface area contributed by atoms with Gasteiger partial charge in [0.25, 0.3) is 0 Å². The molecule has 0 saturated heterocycles. The van der Waals surface area contributed by atoms with Crippen LogP contribution in [0.2, 0.25) is 0 Å². The summed E-state index contributed by atoms with van der Waals surface area (Å²) in [4.78, 5) is 31.5. The number of aromatic nitrogens is 1. The molecule has 2 atom stereocenters. The van der Waals surface area contributed by atoms with Gasteiger partial charge in [-0.25, -0.2) is 9.37 Å². The van der Waals surface area contributed by atoms with Crippen molar-refractivity contribution in [1.29, 1.82) is 0 Å². The molecule has 2 rings (SSSR count). The summed E-state index contributed by atoms with van der Waals surface area (Å²) in [6.45, 7) is 6.03. The number of anilines is 1. The van der Waals surface area contributed by atoms with E-state index in [1.165, 1.54) is 12.1 Å². The summed E-state index contributed by atoms with van der Waals surface area (Å²) in [7, 11) is 1.86. The number of carbonyl (C=O) groups excluding carboxylic acids is 2. The lowest BCUT2D eigenvalue weighted by Crippen LogP contribution is -2.53. The van der Waals surface area contributed by atoms with E-state index in [4.69, 9.17) is 5.73 Å². The molecule has 0 unspecified atom stereocenters. The van der Waals surface area contributed by atoms with Crippen LogP contribution in [-0.2, 0) is 22.6 Å². The van der Waals surface area contributed by atoms with Crippen molar-refractivity contribution >= 4 is 17.6 Å². The summed E-state index contributed by atoms with van der Waals surface area (Å²) >= 11 is 0. The topological polar surface area (TPSA) is 100 Å². The number of hydrogen-bond acceptors (Lipinski definition) is 5. The highest BCUT2D eigenvalue weighted by Gasteiger charge is 2.26. The van der Waals surface area contributed by atoms with Gasteiger partial charge in [-0.2, -0.15) is 0 Å². The predicted molar refractivity (Wildman–Crippen MR) is 115 cm³/mol. The molecular weight excluding hydrogens is 385 g/mol. The van der Waals surface area contributed by atoms with Crippen LogP contribution in [0.25, 0.3) is 0 Å². The largest absolute Gasteiger partial charge is 0.384 e. The Hall–Kier alpha value is -3.00. The molecule has 1 heterocycles. The summed E-state index contributed by atoms with van der Waals surface area (Å²) < 4.78 is 13.2. The fraction of sp³-hybridized carbons (Fsp3) is 0.409. The van der Waals surface area contributed by atoms with E-state index >= 15 is 0 Å². The number of nitrogens with zero attached hydrogens (tertiary/aromatic N) is 2. The van der Waals surface area contributed by atoms with Gasteiger partial charge in [-0.1, -0.05) is 18.2 Å². The number of nitrogen functional groups attached to an aromatic ring is 1. The summed E-state index contributed by atoms with van der Waals surface area (Å²) in [5, 5.41) is 5.66. The molecule has 0 bridgehead atoms. The first kappa shape index (κ1) is 23.3. The van der Waals surface area contributed by atoms with E-state index < -0.39 is 12.1 Å². The van der Waals surface area contributed by atoms with Crippen molar-refractivity contribution in [3.8, 4) is 0 Å². The standard InChI is InChI=1S/C22H30FN5O2/c1-14(2)28(4)15(3)21(29)27-19(11-16-5-8-18(23)9-6-16)22(30)26-13-17-7-10-20(24)25-12-17/h5-10,12,14-15,19H,11,13H2,1-4H3,(H2,24,25)(H,26,30)(H,27,29)/t15-,19-/m0/s1. The van der Waals surface area contributed by atoms with Crippen LogP contribution in [-0.4, -0.2) is 46.9 Å². The van der Waals surface area contributed by atoms with Crippen molar-refractivity contribution in [2.45, 2.75) is 51.9 Å². The van der Waals surface area contributed by atoms with Crippen LogP contribution >= 0.6 is 0 Å². The molecule has 2 amide bonds. The summed E-state index contributed by atoms with van der Waals surface area (Å²) in [5.41, 5.74) is 7.11. The minimum absolute atomic E-state index is 0.174. The van der Waals surface area contributed by atoms with Crippen molar-refractivity contribution in [1.82, 2.24) is 20.5 Å². The maximum atomic E-state index is 13.2. The number of carbonyl (C=O) groups is 2. The highest BCUT2D eigenvalue weighted by atomic mass is 19.1. The second-order valence-corrected chi connectivity index (χ2v) is 7.64. The third kappa shape index (κ3) is 6.81. The molecule has 2 aromatic rings. The molecule has 162 valence electrons. The van der Waals surface area contributed by atoms with E-state index in [1.807, 2.05) is 25.8 Å². The minimum atomic E-state index is -0.798. The molecule has 1 aromatic heterocycles. The van der Waals surface area contributed by atoms with Crippen molar-refractivity contribution in [3.63, 3.8) is 0 Å². The summed E-state index contributed by atoms with van der Waals surface area (Å²) in [6, 6.07) is 8.28. The number of rotatable bonds is 9. The fourth-order valence-corrected chi connectivity index (χ4v) is 2.84. The normalized spacial score (nSPS) is 13.2. The predicted octanol–water partition coefficient (Wildman–Crippen LogP) is 1.88.